The Morgan fingerprint density at radius 2 is 1.69 bits per heavy atom. The van der Waals surface area contributed by atoms with Crippen molar-refractivity contribution in [2.24, 2.45) is 0 Å². The van der Waals surface area contributed by atoms with Gasteiger partial charge in [0.05, 0.1) is 17.1 Å². The molecule has 9 heteroatoms. The molecule has 1 aliphatic rings. The third kappa shape index (κ3) is 7.65. The number of aromatic nitrogens is 2. The van der Waals surface area contributed by atoms with E-state index in [1.807, 2.05) is 7.05 Å². The molecule has 0 bridgehead atoms. The summed E-state index contributed by atoms with van der Waals surface area (Å²) >= 11 is 0. The number of piperidine rings is 1. The van der Waals surface area contributed by atoms with Crippen LogP contribution in [0, 0.1) is 20.8 Å². The second-order valence-corrected chi connectivity index (χ2v) is 10.4. The smallest absolute Gasteiger partial charge is 0.412 e. The Morgan fingerprint density at radius 3 is 2.28 bits per heavy atom. The lowest BCUT2D eigenvalue weighted by Crippen LogP contribution is -2.46. The van der Waals surface area contributed by atoms with Gasteiger partial charge in [-0.3, -0.25) is 15.0 Å². The number of carbonyl (C=O) groups excluding carboxylic acids is 2. The van der Waals surface area contributed by atoms with Crippen molar-refractivity contribution < 1.29 is 19.1 Å². The number of amides is 2. The maximum atomic E-state index is 12.8. The molecule has 1 aromatic carbocycles. The molecule has 0 saturated carbocycles. The quantitative estimate of drug-likeness (QED) is 0.611. The second kappa shape index (κ2) is 11.7. The van der Waals surface area contributed by atoms with Gasteiger partial charge in [-0.1, -0.05) is 24.3 Å². The summed E-state index contributed by atoms with van der Waals surface area (Å²) in [6.45, 7) is 13.7. The van der Waals surface area contributed by atoms with Gasteiger partial charge >= 0.3 is 12.1 Å². The fourth-order valence-corrected chi connectivity index (χ4v) is 4.26. The summed E-state index contributed by atoms with van der Waals surface area (Å²) in [5.74, 6) is -0.109. The van der Waals surface area contributed by atoms with Crippen molar-refractivity contribution in [2.75, 3.05) is 32.1 Å². The zero-order valence-electron chi connectivity index (χ0n) is 22.6. The van der Waals surface area contributed by atoms with Crippen LogP contribution in [0.2, 0.25) is 0 Å². The SMILES string of the molecule is Cc1ccccc1CN1CCC(N(C)C(=O)COc2nc(C)c(NC(=O)OC(C)(C)C)c(C)n2)CC1. The van der Waals surface area contributed by atoms with Crippen LogP contribution in [-0.4, -0.2) is 70.2 Å². The number of benzene rings is 1. The number of carbonyl (C=O) groups is 2. The van der Waals surface area contributed by atoms with Crippen LogP contribution >= 0.6 is 0 Å². The number of likely N-dealkylation sites (N-methyl/N-ethyl adjacent to an activating group) is 1. The molecule has 0 aliphatic carbocycles. The molecule has 36 heavy (non-hydrogen) atoms. The van der Waals surface area contributed by atoms with Crippen molar-refractivity contribution in [1.82, 2.24) is 19.8 Å². The molecule has 2 heterocycles. The van der Waals surface area contributed by atoms with Crippen LogP contribution in [0.25, 0.3) is 0 Å². The van der Waals surface area contributed by atoms with E-state index in [-0.39, 0.29) is 24.6 Å². The number of rotatable bonds is 7. The summed E-state index contributed by atoms with van der Waals surface area (Å²) < 4.78 is 10.9. The molecule has 1 aliphatic heterocycles. The topological polar surface area (TPSA) is 96.9 Å². The molecule has 0 unspecified atom stereocenters. The van der Waals surface area contributed by atoms with Crippen molar-refractivity contribution in [3.8, 4) is 6.01 Å². The van der Waals surface area contributed by atoms with Crippen LogP contribution < -0.4 is 10.1 Å². The van der Waals surface area contributed by atoms with E-state index in [9.17, 15) is 9.59 Å². The van der Waals surface area contributed by atoms with Gasteiger partial charge in [0.25, 0.3) is 5.91 Å². The minimum Gasteiger partial charge on any atom is -0.453 e. The molecule has 1 fully saturated rings. The third-order valence-electron chi connectivity index (χ3n) is 6.35. The van der Waals surface area contributed by atoms with Gasteiger partial charge in [-0.2, -0.15) is 9.97 Å². The van der Waals surface area contributed by atoms with Crippen molar-refractivity contribution >= 4 is 17.7 Å². The molecule has 0 atom stereocenters. The fraction of sp³-hybridized carbons (Fsp3) is 0.556. The fourth-order valence-electron chi connectivity index (χ4n) is 4.26. The second-order valence-electron chi connectivity index (χ2n) is 10.4. The molecule has 0 spiro atoms. The predicted molar refractivity (Wildman–Crippen MR) is 139 cm³/mol. The Morgan fingerprint density at radius 1 is 1.08 bits per heavy atom. The summed E-state index contributed by atoms with van der Waals surface area (Å²) in [5, 5.41) is 2.69. The van der Waals surface area contributed by atoms with Gasteiger partial charge in [0.1, 0.15) is 5.60 Å². The number of hydrogen-bond acceptors (Lipinski definition) is 7. The lowest BCUT2D eigenvalue weighted by molar-refractivity contribution is -0.135. The maximum absolute atomic E-state index is 12.8. The molecule has 1 saturated heterocycles. The maximum Gasteiger partial charge on any atom is 0.412 e. The molecule has 196 valence electrons. The minimum absolute atomic E-state index is 0.106. The summed E-state index contributed by atoms with van der Waals surface area (Å²) in [4.78, 5) is 37.7. The standard InChI is InChI=1S/C27H39N5O4/c1-18-10-8-9-11-21(18)16-32-14-12-22(13-15-32)31(7)23(33)17-35-25-28-19(2)24(20(3)29-25)30-26(34)36-27(4,5)6/h8-11,22H,12-17H2,1-7H3,(H,30,34). The highest BCUT2D eigenvalue weighted by Crippen LogP contribution is 2.22. The van der Waals surface area contributed by atoms with Crippen molar-refractivity contribution in [3.05, 3.63) is 46.8 Å². The predicted octanol–water partition coefficient (Wildman–Crippen LogP) is 4.25. The van der Waals surface area contributed by atoms with Gasteiger partial charge in [0.15, 0.2) is 6.61 Å². The molecule has 1 N–H and O–H groups in total. The first-order chi connectivity index (χ1) is 16.9. The average molecular weight is 498 g/mol. The van der Waals surface area contributed by atoms with E-state index in [4.69, 9.17) is 9.47 Å². The zero-order chi connectivity index (χ0) is 26.5. The number of likely N-dealkylation sites (tertiary alicyclic amines) is 1. The lowest BCUT2D eigenvalue weighted by atomic mass is 10.0. The molecule has 2 amide bonds. The number of ether oxygens (including phenoxy) is 2. The van der Waals surface area contributed by atoms with Gasteiger partial charge < -0.3 is 14.4 Å². The van der Waals surface area contributed by atoms with Crippen molar-refractivity contribution in [2.45, 2.75) is 72.6 Å². The molecular weight excluding hydrogens is 458 g/mol. The third-order valence-corrected chi connectivity index (χ3v) is 6.35. The highest BCUT2D eigenvalue weighted by atomic mass is 16.6. The highest BCUT2D eigenvalue weighted by molar-refractivity contribution is 5.86. The van der Waals surface area contributed by atoms with Crippen molar-refractivity contribution in [3.63, 3.8) is 0 Å². The van der Waals surface area contributed by atoms with Crippen LogP contribution in [-0.2, 0) is 16.1 Å². The van der Waals surface area contributed by atoms with E-state index in [1.54, 1.807) is 39.5 Å². The van der Waals surface area contributed by atoms with E-state index in [0.29, 0.717) is 17.1 Å². The van der Waals surface area contributed by atoms with Crippen LogP contribution in [0.3, 0.4) is 0 Å². The van der Waals surface area contributed by atoms with E-state index in [1.165, 1.54) is 11.1 Å². The summed E-state index contributed by atoms with van der Waals surface area (Å²) in [6.07, 6.45) is 1.27. The number of nitrogens with zero attached hydrogens (tertiary/aromatic N) is 4. The van der Waals surface area contributed by atoms with Gasteiger partial charge in [-0.05, 0) is 65.5 Å². The molecule has 3 rings (SSSR count). The summed E-state index contributed by atoms with van der Waals surface area (Å²) in [7, 11) is 1.83. The first kappa shape index (κ1) is 27.4. The lowest BCUT2D eigenvalue weighted by Gasteiger charge is -2.36. The first-order valence-electron chi connectivity index (χ1n) is 12.4. The van der Waals surface area contributed by atoms with E-state index in [2.05, 4.69) is 51.4 Å². The number of anilines is 1. The Kier molecular flexibility index (Phi) is 8.89. The molecule has 1 aromatic heterocycles. The van der Waals surface area contributed by atoms with Crippen molar-refractivity contribution in [1.29, 1.82) is 0 Å². The molecule has 2 aromatic rings. The Labute approximate surface area is 214 Å². The van der Waals surface area contributed by atoms with Gasteiger partial charge in [-0.25, -0.2) is 4.79 Å². The number of nitrogens with one attached hydrogen (secondary N) is 1. The minimum atomic E-state index is -0.611. The Bertz CT molecular complexity index is 1050. The molecule has 9 nitrogen and oxygen atoms in total. The average Bonchev–Trinajstić information content (AvgIpc) is 2.80. The largest absolute Gasteiger partial charge is 0.453 e. The van der Waals surface area contributed by atoms with E-state index in [0.717, 1.165) is 32.5 Å². The van der Waals surface area contributed by atoms with Gasteiger partial charge in [0.2, 0.25) is 0 Å². The van der Waals surface area contributed by atoms with Crippen LogP contribution in [0.15, 0.2) is 24.3 Å². The number of hydrogen-bond donors (Lipinski definition) is 1. The first-order valence-corrected chi connectivity index (χ1v) is 12.4. The normalized spacial score (nSPS) is 14.9. The van der Waals surface area contributed by atoms with E-state index < -0.39 is 11.7 Å². The molecule has 0 radical (unpaired) electrons. The number of aryl methyl sites for hydroxylation is 3. The molecular formula is C27H39N5O4. The monoisotopic (exact) mass is 497 g/mol. The Hall–Kier alpha value is -3.20. The van der Waals surface area contributed by atoms with Crippen LogP contribution in [0.5, 0.6) is 6.01 Å². The van der Waals surface area contributed by atoms with Gasteiger partial charge in [-0.15, -0.1) is 0 Å². The van der Waals surface area contributed by atoms with E-state index >= 15 is 0 Å². The van der Waals surface area contributed by atoms with Gasteiger partial charge in [0, 0.05) is 32.7 Å². The zero-order valence-corrected chi connectivity index (χ0v) is 22.6. The Balaban J connectivity index is 1.49. The highest BCUT2D eigenvalue weighted by Gasteiger charge is 2.26. The summed E-state index contributed by atoms with van der Waals surface area (Å²) in [5.41, 5.74) is 3.59. The summed E-state index contributed by atoms with van der Waals surface area (Å²) in [6, 6.07) is 8.76. The van der Waals surface area contributed by atoms with Crippen LogP contribution in [0.4, 0.5) is 10.5 Å². The van der Waals surface area contributed by atoms with Crippen LogP contribution in [0.1, 0.15) is 56.1 Å².